The highest BCUT2D eigenvalue weighted by Crippen LogP contribution is 2.28. The minimum atomic E-state index is 0.761. The minimum absolute atomic E-state index is 0.761. The predicted molar refractivity (Wildman–Crippen MR) is 70.9 cm³/mol. The van der Waals surface area contributed by atoms with E-state index in [0.717, 1.165) is 18.6 Å². The molecule has 17 heavy (non-hydrogen) atoms. The van der Waals surface area contributed by atoms with E-state index < -0.39 is 0 Å². The molecule has 2 aliphatic heterocycles. The summed E-state index contributed by atoms with van der Waals surface area (Å²) in [5, 5.41) is 3.59. The Balaban J connectivity index is 1.76. The summed E-state index contributed by atoms with van der Waals surface area (Å²) in [6.07, 6.45) is 5.51. The molecule has 0 unspecified atom stereocenters. The Kier molecular flexibility index (Phi) is 3.44. The van der Waals surface area contributed by atoms with E-state index in [0.29, 0.717) is 0 Å². The highest BCUT2D eigenvalue weighted by Gasteiger charge is 2.31. The lowest BCUT2D eigenvalue weighted by Gasteiger charge is -2.40. The molecule has 0 aliphatic carbocycles. The molecular formula is C15H22N2. The second-order valence-corrected chi connectivity index (χ2v) is 5.39. The van der Waals surface area contributed by atoms with Crippen molar-refractivity contribution in [2.24, 2.45) is 0 Å². The zero-order valence-corrected chi connectivity index (χ0v) is 10.4. The number of piperidine rings is 1. The van der Waals surface area contributed by atoms with Crippen molar-refractivity contribution in [3.8, 4) is 0 Å². The third-order valence-corrected chi connectivity index (χ3v) is 4.26. The number of hydrogen-bond donors (Lipinski definition) is 1. The number of nitrogens with one attached hydrogen (secondary N) is 1. The first kappa shape index (κ1) is 11.2. The van der Waals surface area contributed by atoms with E-state index in [2.05, 4.69) is 40.5 Å². The average Bonchev–Trinajstić information content (AvgIpc) is 2.49. The van der Waals surface area contributed by atoms with Crippen LogP contribution >= 0.6 is 0 Å². The second kappa shape index (κ2) is 5.19. The van der Waals surface area contributed by atoms with Crippen LogP contribution in [0, 0.1) is 0 Å². The monoisotopic (exact) mass is 230 g/mol. The fraction of sp³-hybridized carbons (Fsp3) is 0.600. The van der Waals surface area contributed by atoms with Crippen LogP contribution in [0.1, 0.15) is 31.2 Å². The first-order valence-corrected chi connectivity index (χ1v) is 6.94. The maximum absolute atomic E-state index is 3.59. The van der Waals surface area contributed by atoms with Crippen LogP contribution in [0.15, 0.2) is 30.3 Å². The van der Waals surface area contributed by atoms with Gasteiger partial charge in [0.1, 0.15) is 0 Å². The highest BCUT2D eigenvalue weighted by molar-refractivity contribution is 5.15. The molecule has 2 atom stereocenters. The smallest absolute Gasteiger partial charge is 0.0240 e. The molecule has 0 radical (unpaired) electrons. The van der Waals surface area contributed by atoms with Crippen LogP contribution in [0.5, 0.6) is 0 Å². The molecule has 2 fully saturated rings. The van der Waals surface area contributed by atoms with E-state index in [4.69, 9.17) is 0 Å². The Bertz CT molecular complexity index is 335. The van der Waals surface area contributed by atoms with Crippen LogP contribution < -0.4 is 5.32 Å². The summed E-state index contributed by atoms with van der Waals surface area (Å²) >= 11 is 0. The van der Waals surface area contributed by atoms with Crippen molar-refractivity contribution in [2.75, 3.05) is 13.1 Å². The summed E-state index contributed by atoms with van der Waals surface area (Å²) in [5.74, 6) is 0. The Labute approximate surface area is 104 Å². The van der Waals surface area contributed by atoms with Crippen molar-refractivity contribution in [3.05, 3.63) is 35.9 Å². The maximum Gasteiger partial charge on any atom is 0.0240 e. The minimum Gasteiger partial charge on any atom is -0.315 e. The van der Waals surface area contributed by atoms with Crippen LogP contribution in [-0.2, 0) is 6.54 Å². The van der Waals surface area contributed by atoms with Crippen molar-refractivity contribution < 1.29 is 0 Å². The third-order valence-electron chi connectivity index (χ3n) is 4.26. The SMILES string of the molecule is c1ccc(CN2[C@H]3CCC[C@@H]2CNCC3)cc1. The normalized spacial score (nSPS) is 29.9. The van der Waals surface area contributed by atoms with Gasteiger partial charge in [0.15, 0.2) is 0 Å². The molecule has 1 aromatic carbocycles. The zero-order valence-electron chi connectivity index (χ0n) is 10.4. The topological polar surface area (TPSA) is 15.3 Å². The molecule has 2 aliphatic rings. The molecule has 2 bridgehead atoms. The quantitative estimate of drug-likeness (QED) is 0.839. The van der Waals surface area contributed by atoms with Gasteiger partial charge in [0.2, 0.25) is 0 Å². The molecule has 2 heteroatoms. The lowest BCUT2D eigenvalue weighted by molar-refractivity contribution is 0.0852. The standard InChI is InChI=1S/C15H22N2/c1-2-5-13(6-3-1)12-17-14-7-4-8-15(17)11-16-10-9-14/h1-3,5-6,14-16H,4,7-12H2/t14-,15+/m0/s1. The number of rotatable bonds is 2. The van der Waals surface area contributed by atoms with E-state index >= 15 is 0 Å². The van der Waals surface area contributed by atoms with Crippen LogP contribution in [-0.4, -0.2) is 30.1 Å². The van der Waals surface area contributed by atoms with Gasteiger partial charge in [0, 0.05) is 25.2 Å². The van der Waals surface area contributed by atoms with E-state index in [1.807, 2.05) is 0 Å². The van der Waals surface area contributed by atoms with E-state index in [1.165, 1.54) is 44.3 Å². The fourth-order valence-electron chi connectivity index (χ4n) is 3.34. The van der Waals surface area contributed by atoms with Gasteiger partial charge >= 0.3 is 0 Å². The molecule has 1 N–H and O–H groups in total. The van der Waals surface area contributed by atoms with Crippen molar-refractivity contribution >= 4 is 0 Å². The Morgan fingerprint density at radius 1 is 1.06 bits per heavy atom. The molecule has 1 aromatic rings. The van der Waals surface area contributed by atoms with Gasteiger partial charge in [-0.3, -0.25) is 4.90 Å². The first-order valence-electron chi connectivity index (χ1n) is 6.94. The van der Waals surface area contributed by atoms with Crippen molar-refractivity contribution in [2.45, 2.75) is 44.3 Å². The number of fused-ring (bicyclic) bond motifs is 2. The molecule has 0 saturated carbocycles. The predicted octanol–water partition coefficient (Wildman–Crippen LogP) is 2.40. The lowest BCUT2D eigenvalue weighted by Crippen LogP contribution is -2.47. The molecule has 92 valence electrons. The number of hydrogen-bond acceptors (Lipinski definition) is 2. The molecule has 2 heterocycles. The fourth-order valence-corrected chi connectivity index (χ4v) is 3.34. The summed E-state index contributed by atoms with van der Waals surface area (Å²) in [4.78, 5) is 2.75. The van der Waals surface area contributed by atoms with Crippen molar-refractivity contribution in [3.63, 3.8) is 0 Å². The summed E-state index contributed by atoms with van der Waals surface area (Å²) in [6.45, 7) is 3.52. The lowest BCUT2D eigenvalue weighted by atomic mass is 9.94. The van der Waals surface area contributed by atoms with E-state index in [9.17, 15) is 0 Å². The van der Waals surface area contributed by atoms with E-state index in [1.54, 1.807) is 0 Å². The van der Waals surface area contributed by atoms with Gasteiger partial charge in [-0.15, -0.1) is 0 Å². The zero-order chi connectivity index (χ0) is 11.5. The Hall–Kier alpha value is -0.860. The average molecular weight is 230 g/mol. The van der Waals surface area contributed by atoms with Gasteiger partial charge in [0.25, 0.3) is 0 Å². The highest BCUT2D eigenvalue weighted by atomic mass is 15.2. The molecule has 3 rings (SSSR count). The van der Waals surface area contributed by atoms with Crippen molar-refractivity contribution in [1.29, 1.82) is 0 Å². The van der Waals surface area contributed by atoms with Crippen LogP contribution in [0.25, 0.3) is 0 Å². The van der Waals surface area contributed by atoms with E-state index in [-0.39, 0.29) is 0 Å². The van der Waals surface area contributed by atoms with Gasteiger partial charge < -0.3 is 5.32 Å². The summed E-state index contributed by atoms with van der Waals surface area (Å²) < 4.78 is 0. The number of nitrogens with zero attached hydrogens (tertiary/aromatic N) is 1. The molecule has 0 aromatic heterocycles. The second-order valence-electron chi connectivity index (χ2n) is 5.39. The summed E-state index contributed by atoms with van der Waals surface area (Å²) in [6, 6.07) is 12.5. The van der Waals surface area contributed by atoms with Crippen molar-refractivity contribution in [1.82, 2.24) is 10.2 Å². The Morgan fingerprint density at radius 3 is 2.76 bits per heavy atom. The first-order chi connectivity index (χ1) is 8.43. The number of benzene rings is 1. The molecule has 0 amide bonds. The molecule has 0 spiro atoms. The summed E-state index contributed by atoms with van der Waals surface area (Å²) in [7, 11) is 0. The van der Waals surface area contributed by atoms with Gasteiger partial charge in [-0.2, -0.15) is 0 Å². The van der Waals surface area contributed by atoms with Crippen LogP contribution in [0.4, 0.5) is 0 Å². The molecule has 2 saturated heterocycles. The van der Waals surface area contributed by atoms with Gasteiger partial charge in [-0.1, -0.05) is 36.8 Å². The van der Waals surface area contributed by atoms with Gasteiger partial charge in [-0.05, 0) is 31.4 Å². The molecule has 2 nitrogen and oxygen atoms in total. The maximum atomic E-state index is 3.59. The Morgan fingerprint density at radius 2 is 1.88 bits per heavy atom. The third kappa shape index (κ3) is 2.53. The van der Waals surface area contributed by atoms with Crippen LogP contribution in [0.2, 0.25) is 0 Å². The summed E-state index contributed by atoms with van der Waals surface area (Å²) in [5.41, 5.74) is 1.46. The van der Waals surface area contributed by atoms with Gasteiger partial charge in [-0.25, -0.2) is 0 Å². The van der Waals surface area contributed by atoms with Crippen LogP contribution in [0.3, 0.4) is 0 Å². The van der Waals surface area contributed by atoms with Gasteiger partial charge in [0.05, 0.1) is 0 Å². The largest absolute Gasteiger partial charge is 0.315 e. The molecular weight excluding hydrogens is 208 g/mol.